The lowest BCUT2D eigenvalue weighted by Crippen LogP contribution is -2.48. The SMILES string of the molecule is CC[C@H](CO)NC(=O)N[C@H]1CC(=O)N(c2ccc(F)cc2)C1. The molecule has 1 fully saturated rings. The first-order chi connectivity index (χ1) is 10.5. The highest BCUT2D eigenvalue weighted by molar-refractivity contribution is 5.96. The first-order valence-corrected chi connectivity index (χ1v) is 7.27. The zero-order valence-electron chi connectivity index (χ0n) is 12.4. The molecule has 6 nitrogen and oxygen atoms in total. The number of carbonyl (C=O) groups is 2. The van der Waals surface area contributed by atoms with Crippen LogP contribution in [0.15, 0.2) is 24.3 Å². The topological polar surface area (TPSA) is 81.7 Å². The maximum absolute atomic E-state index is 12.9. The van der Waals surface area contributed by atoms with Gasteiger partial charge in [-0.25, -0.2) is 9.18 Å². The number of hydrogen-bond acceptors (Lipinski definition) is 3. The Morgan fingerprint density at radius 2 is 2.14 bits per heavy atom. The molecule has 120 valence electrons. The molecule has 1 aliphatic rings. The summed E-state index contributed by atoms with van der Waals surface area (Å²) in [7, 11) is 0. The molecule has 3 N–H and O–H groups in total. The molecule has 3 amide bonds. The number of nitrogens with zero attached hydrogens (tertiary/aromatic N) is 1. The van der Waals surface area contributed by atoms with Crippen molar-refractivity contribution in [2.24, 2.45) is 0 Å². The minimum Gasteiger partial charge on any atom is -0.394 e. The van der Waals surface area contributed by atoms with Crippen molar-refractivity contribution in [2.45, 2.75) is 31.8 Å². The Hall–Kier alpha value is -2.15. The van der Waals surface area contributed by atoms with E-state index in [2.05, 4.69) is 10.6 Å². The van der Waals surface area contributed by atoms with Crippen LogP contribution in [-0.4, -0.2) is 42.3 Å². The third-order valence-corrected chi connectivity index (χ3v) is 3.65. The van der Waals surface area contributed by atoms with Crippen LogP contribution in [0.5, 0.6) is 0 Å². The molecule has 2 rings (SSSR count). The third kappa shape index (κ3) is 3.94. The summed E-state index contributed by atoms with van der Waals surface area (Å²) >= 11 is 0. The van der Waals surface area contributed by atoms with Crippen LogP contribution in [0.4, 0.5) is 14.9 Å². The van der Waals surface area contributed by atoms with Crippen LogP contribution >= 0.6 is 0 Å². The van der Waals surface area contributed by atoms with Crippen molar-refractivity contribution in [3.63, 3.8) is 0 Å². The Bertz CT molecular complexity index is 531. The highest BCUT2D eigenvalue weighted by atomic mass is 19.1. The molecule has 0 aliphatic carbocycles. The van der Waals surface area contributed by atoms with Gasteiger partial charge in [0.1, 0.15) is 5.82 Å². The number of amides is 3. The van der Waals surface area contributed by atoms with Gasteiger partial charge in [0.05, 0.1) is 18.7 Å². The van der Waals surface area contributed by atoms with Crippen LogP contribution in [0.3, 0.4) is 0 Å². The van der Waals surface area contributed by atoms with Crippen LogP contribution in [0, 0.1) is 5.82 Å². The number of hydrogen-bond donors (Lipinski definition) is 3. The van der Waals surface area contributed by atoms with Crippen LogP contribution in [-0.2, 0) is 4.79 Å². The van der Waals surface area contributed by atoms with Crippen molar-refractivity contribution >= 4 is 17.6 Å². The highest BCUT2D eigenvalue weighted by Crippen LogP contribution is 2.21. The van der Waals surface area contributed by atoms with Gasteiger partial charge in [0.15, 0.2) is 0 Å². The number of carbonyl (C=O) groups excluding carboxylic acids is 2. The van der Waals surface area contributed by atoms with Crippen molar-refractivity contribution in [1.29, 1.82) is 0 Å². The Labute approximate surface area is 128 Å². The summed E-state index contributed by atoms with van der Waals surface area (Å²) in [6, 6.07) is 4.65. The summed E-state index contributed by atoms with van der Waals surface area (Å²) in [5, 5.41) is 14.4. The Morgan fingerprint density at radius 3 is 2.73 bits per heavy atom. The number of aliphatic hydroxyl groups excluding tert-OH is 1. The maximum Gasteiger partial charge on any atom is 0.315 e. The van der Waals surface area contributed by atoms with Gasteiger partial charge in [-0.05, 0) is 30.7 Å². The van der Waals surface area contributed by atoms with Gasteiger partial charge in [-0.3, -0.25) is 4.79 Å². The van der Waals surface area contributed by atoms with Crippen molar-refractivity contribution in [2.75, 3.05) is 18.1 Å². The average Bonchev–Trinajstić information content (AvgIpc) is 2.86. The van der Waals surface area contributed by atoms with Crippen molar-refractivity contribution in [3.8, 4) is 0 Å². The van der Waals surface area contributed by atoms with Gasteiger partial charge in [-0.2, -0.15) is 0 Å². The van der Waals surface area contributed by atoms with E-state index in [1.807, 2.05) is 6.92 Å². The Morgan fingerprint density at radius 1 is 1.45 bits per heavy atom. The zero-order chi connectivity index (χ0) is 16.1. The van der Waals surface area contributed by atoms with Gasteiger partial charge in [-0.1, -0.05) is 6.92 Å². The summed E-state index contributed by atoms with van der Waals surface area (Å²) in [6.45, 7) is 2.07. The summed E-state index contributed by atoms with van der Waals surface area (Å²) in [4.78, 5) is 25.3. The summed E-state index contributed by atoms with van der Waals surface area (Å²) in [5.41, 5.74) is 0.609. The van der Waals surface area contributed by atoms with Crippen LogP contribution < -0.4 is 15.5 Å². The minimum absolute atomic E-state index is 0.119. The molecular formula is C15H20FN3O3. The predicted molar refractivity (Wildman–Crippen MR) is 80.0 cm³/mol. The van der Waals surface area contributed by atoms with E-state index in [1.54, 1.807) is 0 Å². The van der Waals surface area contributed by atoms with E-state index in [4.69, 9.17) is 5.11 Å². The second-order valence-corrected chi connectivity index (χ2v) is 5.29. The Balaban J connectivity index is 1.92. The van der Waals surface area contributed by atoms with Gasteiger partial charge in [0, 0.05) is 18.7 Å². The summed E-state index contributed by atoms with van der Waals surface area (Å²) in [6.07, 6.45) is 0.815. The molecule has 1 aromatic carbocycles. The van der Waals surface area contributed by atoms with Gasteiger partial charge < -0.3 is 20.6 Å². The lowest BCUT2D eigenvalue weighted by molar-refractivity contribution is -0.117. The van der Waals surface area contributed by atoms with Crippen LogP contribution in [0.2, 0.25) is 0 Å². The first kappa shape index (κ1) is 16.2. The fourth-order valence-electron chi connectivity index (χ4n) is 2.36. The van der Waals surface area contributed by atoms with Crippen molar-refractivity contribution in [1.82, 2.24) is 10.6 Å². The molecule has 1 saturated heterocycles. The lowest BCUT2D eigenvalue weighted by atomic mass is 10.2. The molecule has 0 saturated carbocycles. The second kappa shape index (κ2) is 7.22. The molecule has 0 unspecified atom stereocenters. The molecule has 7 heteroatoms. The molecular weight excluding hydrogens is 289 g/mol. The van der Waals surface area contributed by atoms with Crippen molar-refractivity contribution in [3.05, 3.63) is 30.1 Å². The summed E-state index contributed by atoms with van der Waals surface area (Å²) < 4.78 is 12.9. The van der Waals surface area contributed by atoms with E-state index in [0.29, 0.717) is 18.7 Å². The lowest BCUT2D eigenvalue weighted by Gasteiger charge is -2.19. The Kier molecular flexibility index (Phi) is 5.32. The van der Waals surface area contributed by atoms with E-state index >= 15 is 0 Å². The largest absolute Gasteiger partial charge is 0.394 e. The first-order valence-electron chi connectivity index (χ1n) is 7.27. The number of rotatable bonds is 5. The van der Waals surface area contributed by atoms with Gasteiger partial charge >= 0.3 is 6.03 Å². The summed E-state index contributed by atoms with van der Waals surface area (Å²) in [5.74, 6) is -0.481. The van der Waals surface area contributed by atoms with E-state index in [1.165, 1.54) is 29.2 Å². The smallest absolute Gasteiger partial charge is 0.315 e. The van der Waals surface area contributed by atoms with Gasteiger partial charge in [0.25, 0.3) is 0 Å². The molecule has 0 aromatic heterocycles. The highest BCUT2D eigenvalue weighted by Gasteiger charge is 2.31. The molecule has 2 atom stereocenters. The molecule has 1 heterocycles. The molecule has 1 aliphatic heterocycles. The van der Waals surface area contributed by atoms with Gasteiger partial charge in [-0.15, -0.1) is 0 Å². The monoisotopic (exact) mass is 309 g/mol. The standard InChI is InChI=1S/C15H20FN3O3/c1-2-11(9-20)17-15(22)18-12-7-14(21)19(8-12)13-5-3-10(16)4-6-13/h3-6,11-12,20H,2,7-9H2,1H3,(H2,17,18,22)/t11-,12+/m1/s1. The van der Waals surface area contributed by atoms with E-state index < -0.39 is 6.03 Å². The molecule has 0 bridgehead atoms. The van der Waals surface area contributed by atoms with Crippen molar-refractivity contribution < 1.29 is 19.1 Å². The number of urea groups is 1. The number of benzene rings is 1. The zero-order valence-corrected chi connectivity index (χ0v) is 12.4. The number of aliphatic hydroxyl groups is 1. The van der Waals surface area contributed by atoms with Gasteiger partial charge in [0.2, 0.25) is 5.91 Å². The molecule has 0 radical (unpaired) electrons. The van der Waals surface area contributed by atoms with Crippen LogP contribution in [0.25, 0.3) is 0 Å². The van der Waals surface area contributed by atoms with E-state index in [-0.39, 0.29) is 36.8 Å². The predicted octanol–water partition coefficient (Wildman–Crippen LogP) is 1.00. The number of nitrogens with one attached hydrogen (secondary N) is 2. The average molecular weight is 309 g/mol. The number of anilines is 1. The minimum atomic E-state index is -0.403. The fourth-order valence-corrected chi connectivity index (χ4v) is 2.36. The van der Waals surface area contributed by atoms with E-state index in [9.17, 15) is 14.0 Å². The number of halogens is 1. The van der Waals surface area contributed by atoms with Crippen LogP contribution in [0.1, 0.15) is 19.8 Å². The molecule has 1 aromatic rings. The van der Waals surface area contributed by atoms with E-state index in [0.717, 1.165) is 0 Å². The fraction of sp³-hybridized carbons (Fsp3) is 0.467. The normalized spacial score (nSPS) is 19.1. The quantitative estimate of drug-likeness (QED) is 0.759. The third-order valence-electron chi connectivity index (χ3n) is 3.65. The maximum atomic E-state index is 12.9. The molecule has 22 heavy (non-hydrogen) atoms. The molecule has 0 spiro atoms. The second-order valence-electron chi connectivity index (χ2n) is 5.29.